The molecule has 1 N–H and O–H groups in total. The molecule has 0 radical (unpaired) electrons. The van der Waals surface area contributed by atoms with Gasteiger partial charge in [0.1, 0.15) is 0 Å². The van der Waals surface area contributed by atoms with Gasteiger partial charge in [-0.25, -0.2) is 9.50 Å². The first kappa shape index (κ1) is 21.1. The first-order valence-corrected chi connectivity index (χ1v) is 12.3. The van der Waals surface area contributed by atoms with E-state index in [2.05, 4.69) is 40.7 Å². The van der Waals surface area contributed by atoms with Gasteiger partial charge in [-0.1, -0.05) is 18.2 Å². The number of likely N-dealkylation sites (tertiary alicyclic amines) is 1. The van der Waals surface area contributed by atoms with E-state index in [0.29, 0.717) is 19.4 Å². The number of benzene rings is 1. The van der Waals surface area contributed by atoms with Crippen LogP contribution in [-0.2, 0) is 11.2 Å². The summed E-state index contributed by atoms with van der Waals surface area (Å²) in [5, 5.41) is 11.1. The lowest BCUT2D eigenvalue weighted by molar-refractivity contribution is -0.121. The van der Waals surface area contributed by atoms with Crippen LogP contribution in [0.2, 0.25) is 0 Å². The number of nitrogens with one attached hydrogen (secondary N) is 1. The van der Waals surface area contributed by atoms with Crippen LogP contribution in [0.1, 0.15) is 47.1 Å². The largest absolute Gasteiger partial charge is 0.354 e. The lowest BCUT2D eigenvalue weighted by Gasteiger charge is -2.27. The Morgan fingerprint density at radius 2 is 1.97 bits per heavy atom. The molecule has 1 aliphatic rings. The van der Waals surface area contributed by atoms with Crippen LogP contribution >= 0.6 is 11.3 Å². The van der Waals surface area contributed by atoms with Crippen LogP contribution in [0.4, 0.5) is 0 Å². The van der Waals surface area contributed by atoms with Crippen molar-refractivity contribution in [2.75, 3.05) is 19.6 Å². The van der Waals surface area contributed by atoms with E-state index in [1.54, 1.807) is 11.3 Å². The second-order valence-electron chi connectivity index (χ2n) is 8.59. The third kappa shape index (κ3) is 4.02. The van der Waals surface area contributed by atoms with Crippen LogP contribution in [0.3, 0.4) is 0 Å². The standard InChI is InChI=1S/C25H29N5OS/c1-17-19(18(2)30-25(27-17)20-8-3-4-9-21(20)28-30)11-12-24(31)26-16-22(23-10-7-15-32-23)29-13-5-6-14-29/h3-4,7-10,15,22H,5-6,11-14,16H2,1-2H3,(H,26,31)/t22-/m0/s1. The monoisotopic (exact) mass is 447 g/mol. The highest BCUT2D eigenvalue weighted by Crippen LogP contribution is 2.28. The quantitative estimate of drug-likeness (QED) is 0.455. The summed E-state index contributed by atoms with van der Waals surface area (Å²) in [5.74, 6) is 0.0928. The molecule has 1 aromatic carbocycles. The number of hydrogen-bond acceptors (Lipinski definition) is 5. The molecule has 0 aliphatic carbocycles. The number of fused-ring (bicyclic) bond motifs is 3. The van der Waals surface area contributed by atoms with Gasteiger partial charge in [0.2, 0.25) is 5.91 Å². The average Bonchev–Trinajstić information content (AvgIpc) is 3.56. The van der Waals surface area contributed by atoms with Gasteiger partial charge >= 0.3 is 0 Å². The number of carbonyl (C=O) groups is 1. The van der Waals surface area contributed by atoms with E-state index in [9.17, 15) is 4.79 Å². The number of aromatic nitrogens is 3. The number of amides is 1. The van der Waals surface area contributed by atoms with E-state index in [1.807, 2.05) is 29.6 Å². The summed E-state index contributed by atoms with van der Waals surface area (Å²) in [7, 11) is 0. The Kier molecular flexibility index (Phi) is 5.93. The molecule has 32 heavy (non-hydrogen) atoms. The van der Waals surface area contributed by atoms with Crippen molar-refractivity contribution in [1.29, 1.82) is 0 Å². The van der Waals surface area contributed by atoms with Crippen LogP contribution in [0, 0.1) is 13.8 Å². The predicted octanol–water partition coefficient (Wildman–Crippen LogP) is 4.45. The molecule has 0 saturated carbocycles. The molecule has 4 aromatic rings. The molecule has 0 spiro atoms. The fraction of sp³-hybridized carbons (Fsp3) is 0.400. The smallest absolute Gasteiger partial charge is 0.220 e. The van der Waals surface area contributed by atoms with E-state index in [1.165, 1.54) is 17.7 Å². The summed E-state index contributed by atoms with van der Waals surface area (Å²) in [6.45, 7) is 6.99. The van der Waals surface area contributed by atoms with Crippen molar-refractivity contribution in [1.82, 2.24) is 24.8 Å². The molecule has 0 unspecified atom stereocenters. The van der Waals surface area contributed by atoms with Gasteiger partial charge in [0, 0.05) is 34.6 Å². The minimum atomic E-state index is 0.0928. The number of thiophene rings is 1. The number of carbonyl (C=O) groups excluding carboxylic acids is 1. The van der Waals surface area contributed by atoms with Crippen molar-refractivity contribution in [3.8, 4) is 0 Å². The molecule has 1 aliphatic heterocycles. The second kappa shape index (κ2) is 9.00. The Morgan fingerprint density at radius 1 is 1.16 bits per heavy atom. The first-order chi connectivity index (χ1) is 15.6. The van der Waals surface area contributed by atoms with Gasteiger partial charge in [-0.2, -0.15) is 5.10 Å². The molecular weight excluding hydrogens is 418 g/mol. The molecular formula is C25H29N5OS. The molecule has 3 aromatic heterocycles. The maximum absolute atomic E-state index is 12.8. The van der Waals surface area contributed by atoms with Gasteiger partial charge in [-0.3, -0.25) is 9.69 Å². The van der Waals surface area contributed by atoms with Gasteiger partial charge < -0.3 is 5.32 Å². The van der Waals surface area contributed by atoms with Crippen LogP contribution < -0.4 is 5.32 Å². The normalized spacial score (nSPS) is 15.6. The lowest BCUT2D eigenvalue weighted by atomic mass is 10.1. The van der Waals surface area contributed by atoms with Crippen molar-refractivity contribution < 1.29 is 4.79 Å². The van der Waals surface area contributed by atoms with Gasteiger partial charge in [-0.05, 0) is 75.3 Å². The molecule has 0 bridgehead atoms. The predicted molar refractivity (Wildman–Crippen MR) is 129 cm³/mol. The van der Waals surface area contributed by atoms with Gasteiger partial charge in [0.15, 0.2) is 5.65 Å². The van der Waals surface area contributed by atoms with Crippen molar-refractivity contribution >= 4 is 33.8 Å². The highest BCUT2D eigenvalue weighted by Gasteiger charge is 2.24. The fourth-order valence-electron chi connectivity index (χ4n) is 4.82. The molecule has 1 amide bonds. The molecule has 7 heteroatoms. The van der Waals surface area contributed by atoms with Crippen LogP contribution in [0.25, 0.3) is 16.6 Å². The Bertz CT molecular complexity index is 1240. The van der Waals surface area contributed by atoms with Gasteiger partial charge in [0.25, 0.3) is 0 Å². The maximum atomic E-state index is 12.8. The SMILES string of the molecule is Cc1nc2c3ccccc3nn2c(C)c1CCC(=O)NC[C@@H](c1cccs1)N1CCCC1. The van der Waals surface area contributed by atoms with E-state index in [0.717, 1.165) is 46.6 Å². The Labute approximate surface area is 192 Å². The molecule has 5 rings (SSSR count). The molecule has 166 valence electrons. The van der Waals surface area contributed by atoms with E-state index < -0.39 is 0 Å². The number of rotatable bonds is 7. The van der Waals surface area contributed by atoms with Crippen molar-refractivity contribution in [2.24, 2.45) is 0 Å². The zero-order chi connectivity index (χ0) is 22.1. The van der Waals surface area contributed by atoms with Crippen molar-refractivity contribution in [2.45, 2.75) is 45.6 Å². The summed E-state index contributed by atoms with van der Waals surface area (Å²) >= 11 is 1.78. The first-order valence-electron chi connectivity index (χ1n) is 11.4. The summed E-state index contributed by atoms with van der Waals surface area (Å²) in [6.07, 6.45) is 3.60. The Morgan fingerprint density at radius 3 is 2.75 bits per heavy atom. The summed E-state index contributed by atoms with van der Waals surface area (Å²) in [6, 6.07) is 12.6. The van der Waals surface area contributed by atoms with Gasteiger partial charge in [-0.15, -0.1) is 11.3 Å². The average molecular weight is 448 g/mol. The summed E-state index contributed by atoms with van der Waals surface area (Å²) in [4.78, 5) is 21.4. The molecule has 4 heterocycles. The zero-order valence-corrected chi connectivity index (χ0v) is 19.5. The fourth-order valence-corrected chi connectivity index (χ4v) is 5.68. The third-order valence-electron chi connectivity index (χ3n) is 6.57. The minimum absolute atomic E-state index is 0.0928. The van der Waals surface area contributed by atoms with Crippen molar-refractivity contribution in [3.63, 3.8) is 0 Å². The van der Waals surface area contributed by atoms with E-state index in [-0.39, 0.29) is 11.9 Å². The second-order valence-corrected chi connectivity index (χ2v) is 9.57. The highest BCUT2D eigenvalue weighted by molar-refractivity contribution is 7.10. The molecule has 6 nitrogen and oxygen atoms in total. The Balaban J connectivity index is 1.28. The van der Waals surface area contributed by atoms with Crippen LogP contribution in [0.5, 0.6) is 0 Å². The molecule has 1 fully saturated rings. The zero-order valence-electron chi connectivity index (χ0n) is 18.7. The Hall–Kier alpha value is -2.77. The van der Waals surface area contributed by atoms with Crippen LogP contribution in [-0.4, -0.2) is 45.0 Å². The number of aryl methyl sites for hydroxylation is 2. The molecule has 1 saturated heterocycles. The highest BCUT2D eigenvalue weighted by atomic mass is 32.1. The number of hydrogen-bond donors (Lipinski definition) is 1. The van der Waals surface area contributed by atoms with Crippen LogP contribution in [0.15, 0.2) is 41.8 Å². The van der Waals surface area contributed by atoms with E-state index in [4.69, 9.17) is 10.1 Å². The molecule has 1 atom stereocenters. The summed E-state index contributed by atoms with van der Waals surface area (Å²) in [5.41, 5.74) is 4.97. The summed E-state index contributed by atoms with van der Waals surface area (Å²) < 4.78 is 1.92. The van der Waals surface area contributed by atoms with E-state index >= 15 is 0 Å². The third-order valence-corrected chi connectivity index (χ3v) is 7.54. The topological polar surface area (TPSA) is 62.5 Å². The number of nitrogens with zero attached hydrogens (tertiary/aromatic N) is 4. The maximum Gasteiger partial charge on any atom is 0.220 e. The van der Waals surface area contributed by atoms with Crippen molar-refractivity contribution in [3.05, 3.63) is 63.6 Å². The van der Waals surface area contributed by atoms with Gasteiger partial charge in [0.05, 0.1) is 11.6 Å². The lowest BCUT2D eigenvalue weighted by Crippen LogP contribution is -2.36. The minimum Gasteiger partial charge on any atom is -0.354 e.